The summed E-state index contributed by atoms with van der Waals surface area (Å²) in [5, 5.41) is 0. The van der Waals surface area contributed by atoms with Crippen LogP contribution in [0.25, 0.3) is 0 Å². The van der Waals surface area contributed by atoms with Gasteiger partial charge in [-0.25, -0.2) is 8.78 Å². The summed E-state index contributed by atoms with van der Waals surface area (Å²) in [6.07, 6.45) is 10.4. The highest BCUT2D eigenvalue weighted by Crippen LogP contribution is 2.52. The molecule has 0 heterocycles. The summed E-state index contributed by atoms with van der Waals surface area (Å²) in [6, 6.07) is 4.47. The van der Waals surface area contributed by atoms with Gasteiger partial charge in [0.05, 0.1) is 0 Å². The van der Waals surface area contributed by atoms with Crippen molar-refractivity contribution in [1.82, 2.24) is 0 Å². The van der Waals surface area contributed by atoms with Crippen LogP contribution in [0.4, 0.5) is 8.78 Å². The molecule has 1 aromatic rings. The first-order chi connectivity index (χ1) is 11.0. The van der Waals surface area contributed by atoms with Gasteiger partial charge in [0.2, 0.25) is 0 Å². The van der Waals surface area contributed by atoms with E-state index in [0.717, 1.165) is 39.4 Å². The molecule has 0 saturated heterocycles. The number of halogens is 2. The Bertz CT molecular complexity index is 526. The van der Waals surface area contributed by atoms with Gasteiger partial charge >= 0.3 is 0 Å². The van der Waals surface area contributed by atoms with Crippen LogP contribution in [0.5, 0.6) is 0 Å². The van der Waals surface area contributed by atoms with E-state index in [0.29, 0.717) is 11.3 Å². The number of benzene rings is 1. The minimum atomic E-state index is -0.733. The van der Waals surface area contributed by atoms with Crippen molar-refractivity contribution in [3.8, 4) is 0 Å². The molecule has 126 valence electrons. The monoisotopic (exact) mass is 334 g/mol. The van der Waals surface area contributed by atoms with Crippen LogP contribution in [0.2, 0.25) is 12.1 Å². The second kappa shape index (κ2) is 7.04. The van der Waals surface area contributed by atoms with E-state index in [4.69, 9.17) is 0 Å². The first kappa shape index (κ1) is 17.1. The molecular formula is C20H28F2Si. The molecule has 0 bridgehead atoms. The van der Waals surface area contributed by atoms with Gasteiger partial charge in [0.15, 0.2) is 11.6 Å². The van der Waals surface area contributed by atoms with Crippen LogP contribution in [-0.2, 0) is 0 Å². The lowest BCUT2D eigenvalue weighted by atomic mass is 9.61. The van der Waals surface area contributed by atoms with Crippen molar-refractivity contribution in [2.24, 2.45) is 11.3 Å². The molecule has 0 atom stereocenters. The van der Waals surface area contributed by atoms with E-state index >= 15 is 0 Å². The summed E-state index contributed by atoms with van der Waals surface area (Å²) in [5.74, 6) is -0.192. The zero-order valence-corrected chi connectivity index (χ0v) is 15.4. The maximum atomic E-state index is 13.5. The quantitative estimate of drug-likeness (QED) is 0.564. The zero-order valence-electron chi connectivity index (χ0n) is 14.4. The van der Waals surface area contributed by atoms with Crippen molar-refractivity contribution in [2.45, 2.75) is 76.3 Å². The van der Waals surface area contributed by atoms with E-state index in [1.807, 2.05) is 0 Å². The van der Waals surface area contributed by atoms with Gasteiger partial charge in [-0.15, -0.1) is 0 Å². The highest BCUT2D eigenvalue weighted by Gasteiger charge is 2.39. The first-order valence-corrected chi connectivity index (χ1v) is 10.7. The Hall–Kier alpha value is -0.703. The fourth-order valence-corrected chi connectivity index (χ4v) is 5.73. The van der Waals surface area contributed by atoms with Gasteiger partial charge in [0.25, 0.3) is 0 Å². The van der Waals surface area contributed by atoms with Gasteiger partial charge in [-0.3, -0.25) is 0 Å². The lowest BCUT2D eigenvalue weighted by Crippen LogP contribution is -2.34. The third-order valence-corrected chi connectivity index (χ3v) is 8.06. The predicted molar refractivity (Wildman–Crippen MR) is 93.0 cm³/mol. The Labute approximate surface area is 141 Å². The standard InChI is InChI=1S/C20H28F2Si/c1-20(11-9-17(23-2)10-12-20)16-6-3-14(4-7-16)15-5-8-18(21)19(22)13-15/h5,8,13-14,16-17H,3-4,6-7,9-12H2,1-2H3. The molecule has 0 aliphatic heterocycles. The van der Waals surface area contributed by atoms with E-state index in [2.05, 4.69) is 13.5 Å². The average molecular weight is 335 g/mol. The molecule has 0 N–H and O–H groups in total. The molecule has 23 heavy (non-hydrogen) atoms. The highest BCUT2D eigenvalue weighted by atomic mass is 28.2. The van der Waals surface area contributed by atoms with Gasteiger partial charge in [0, 0.05) is 9.52 Å². The predicted octanol–water partition coefficient (Wildman–Crippen LogP) is 6.36. The highest BCUT2D eigenvalue weighted by molar-refractivity contribution is 6.35. The summed E-state index contributed by atoms with van der Waals surface area (Å²) in [6.45, 7) is 4.85. The largest absolute Gasteiger partial charge is 0.204 e. The fraction of sp³-hybridized carbons (Fsp3) is 0.700. The molecule has 2 saturated carbocycles. The van der Waals surface area contributed by atoms with Crippen LogP contribution >= 0.6 is 0 Å². The second-order valence-electron chi connectivity index (χ2n) is 7.94. The Morgan fingerprint density at radius 3 is 2.17 bits per heavy atom. The van der Waals surface area contributed by atoms with Crippen molar-refractivity contribution in [2.75, 3.05) is 0 Å². The van der Waals surface area contributed by atoms with E-state index < -0.39 is 11.6 Å². The Balaban J connectivity index is 1.59. The second-order valence-corrected chi connectivity index (χ2v) is 9.33. The van der Waals surface area contributed by atoms with Gasteiger partial charge in [-0.1, -0.05) is 32.4 Å². The van der Waals surface area contributed by atoms with Crippen molar-refractivity contribution in [3.63, 3.8) is 0 Å². The van der Waals surface area contributed by atoms with Crippen molar-refractivity contribution in [3.05, 3.63) is 35.4 Å². The minimum absolute atomic E-state index is 0.415. The molecule has 0 amide bonds. The van der Waals surface area contributed by atoms with Crippen molar-refractivity contribution >= 4 is 9.52 Å². The Morgan fingerprint density at radius 1 is 0.957 bits per heavy atom. The third-order valence-electron chi connectivity index (χ3n) is 6.66. The lowest BCUT2D eigenvalue weighted by Gasteiger charge is -2.46. The Morgan fingerprint density at radius 2 is 1.61 bits per heavy atom. The van der Waals surface area contributed by atoms with E-state index in [-0.39, 0.29) is 0 Å². The molecule has 2 radical (unpaired) electrons. The summed E-state index contributed by atoms with van der Waals surface area (Å²) >= 11 is 0. The van der Waals surface area contributed by atoms with Crippen LogP contribution in [0.1, 0.15) is 69.8 Å². The van der Waals surface area contributed by atoms with Crippen LogP contribution in [0, 0.1) is 23.0 Å². The summed E-state index contributed by atoms with van der Waals surface area (Å²) in [4.78, 5) is 0. The summed E-state index contributed by atoms with van der Waals surface area (Å²) < 4.78 is 26.6. The first-order valence-electron chi connectivity index (χ1n) is 9.14. The van der Waals surface area contributed by atoms with Gasteiger partial charge in [-0.2, -0.15) is 0 Å². The molecular weight excluding hydrogens is 306 g/mol. The van der Waals surface area contributed by atoms with Crippen molar-refractivity contribution in [1.29, 1.82) is 0 Å². The normalized spacial score (nSPS) is 35.2. The van der Waals surface area contributed by atoms with E-state index in [9.17, 15) is 8.78 Å². The third kappa shape index (κ3) is 3.70. The molecule has 0 aromatic heterocycles. The fourth-order valence-electron chi connectivity index (χ4n) is 4.86. The molecule has 2 fully saturated rings. The topological polar surface area (TPSA) is 0 Å². The van der Waals surface area contributed by atoms with Gasteiger partial charge in [0.1, 0.15) is 0 Å². The summed E-state index contributed by atoms with van der Waals surface area (Å²) in [7, 11) is 1.10. The molecule has 0 spiro atoms. The molecule has 2 aliphatic rings. The molecule has 3 rings (SSSR count). The maximum Gasteiger partial charge on any atom is 0.159 e. The minimum Gasteiger partial charge on any atom is -0.204 e. The van der Waals surface area contributed by atoms with Crippen LogP contribution in [0.3, 0.4) is 0 Å². The SMILES string of the molecule is C[Si]C1CCC(C)(C2CCC(c3ccc(F)c(F)c3)CC2)CC1. The summed E-state index contributed by atoms with van der Waals surface area (Å²) in [5.41, 5.74) is 2.49. The van der Waals surface area contributed by atoms with E-state index in [1.165, 1.54) is 50.7 Å². The maximum absolute atomic E-state index is 13.5. The number of hydrogen-bond acceptors (Lipinski definition) is 0. The van der Waals surface area contributed by atoms with Gasteiger partial charge in [-0.05, 0) is 79.0 Å². The van der Waals surface area contributed by atoms with E-state index in [1.54, 1.807) is 6.07 Å². The van der Waals surface area contributed by atoms with Crippen LogP contribution in [-0.4, -0.2) is 9.52 Å². The Kier molecular flexibility index (Phi) is 5.25. The van der Waals surface area contributed by atoms with Crippen molar-refractivity contribution < 1.29 is 8.78 Å². The molecule has 2 aliphatic carbocycles. The molecule has 0 unspecified atom stereocenters. The number of hydrogen-bond donors (Lipinski definition) is 0. The lowest BCUT2D eigenvalue weighted by molar-refractivity contribution is 0.0825. The molecule has 1 aromatic carbocycles. The van der Waals surface area contributed by atoms with Crippen LogP contribution < -0.4 is 0 Å². The average Bonchev–Trinajstić information content (AvgIpc) is 2.58. The zero-order chi connectivity index (χ0) is 16.4. The smallest absolute Gasteiger partial charge is 0.159 e. The van der Waals surface area contributed by atoms with Gasteiger partial charge < -0.3 is 0 Å². The van der Waals surface area contributed by atoms with Crippen LogP contribution in [0.15, 0.2) is 18.2 Å². The molecule has 0 nitrogen and oxygen atoms in total. The molecule has 3 heteroatoms. The number of rotatable bonds is 3.